The van der Waals surface area contributed by atoms with Crippen molar-refractivity contribution in [3.05, 3.63) is 46.4 Å². The lowest BCUT2D eigenvalue weighted by Crippen LogP contribution is -2.22. The second-order valence-electron chi connectivity index (χ2n) is 4.61. The second-order valence-corrected chi connectivity index (χ2v) is 7.37. The molecule has 7 heteroatoms. The zero-order valence-corrected chi connectivity index (χ0v) is 13.5. The summed E-state index contributed by atoms with van der Waals surface area (Å²) in [5.74, 6) is 0. The van der Waals surface area contributed by atoms with E-state index in [-0.39, 0.29) is 6.54 Å². The number of thiophene rings is 1. The standard InChI is InChI=1S/C14H19N3O2S2/c1-2-5-16-10-13-8-14(11-20-13)21(18,19)17-9-12-3-6-15-7-4-12/h3-4,6-8,11,16-17H,2,5,9-10H2,1H3. The lowest BCUT2D eigenvalue weighted by Gasteiger charge is -2.04. The van der Waals surface area contributed by atoms with Gasteiger partial charge in [-0.25, -0.2) is 13.1 Å². The molecule has 21 heavy (non-hydrogen) atoms. The SMILES string of the molecule is CCCNCc1cc(S(=O)(=O)NCc2ccncc2)cs1. The van der Waals surface area contributed by atoms with Gasteiger partial charge in [0.05, 0.1) is 4.90 Å². The van der Waals surface area contributed by atoms with Crippen molar-refractivity contribution in [3.63, 3.8) is 0 Å². The van der Waals surface area contributed by atoms with Crippen molar-refractivity contribution in [2.24, 2.45) is 0 Å². The van der Waals surface area contributed by atoms with Gasteiger partial charge in [0.25, 0.3) is 0 Å². The fourth-order valence-electron chi connectivity index (χ4n) is 1.74. The molecule has 0 unspecified atom stereocenters. The van der Waals surface area contributed by atoms with Crippen LogP contribution in [0.3, 0.4) is 0 Å². The summed E-state index contributed by atoms with van der Waals surface area (Å²) in [6.07, 6.45) is 4.35. The summed E-state index contributed by atoms with van der Waals surface area (Å²) in [6.45, 7) is 4.00. The Morgan fingerprint density at radius 3 is 2.71 bits per heavy atom. The van der Waals surface area contributed by atoms with Crippen LogP contribution in [0.5, 0.6) is 0 Å². The highest BCUT2D eigenvalue weighted by molar-refractivity contribution is 7.89. The van der Waals surface area contributed by atoms with Gasteiger partial charge in [-0.05, 0) is 36.7 Å². The first kappa shape index (κ1) is 16.1. The molecule has 114 valence electrons. The highest BCUT2D eigenvalue weighted by Crippen LogP contribution is 2.19. The van der Waals surface area contributed by atoms with E-state index < -0.39 is 10.0 Å². The molecule has 0 bridgehead atoms. The Morgan fingerprint density at radius 1 is 1.24 bits per heavy atom. The first-order chi connectivity index (χ1) is 10.1. The average molecular weight is 325 g/mol. The van der Waals surface area contributed by atoms with Crippen molar-refractivity contribution >= 4 is 21.4 Å². The number of nitrogens with zero attached hydrogens (tertiary/aromatic N) is 1. The quantitative estimate of drug-likeness (QED) is 0.729. The summed E-state index contributed by atoms with van der Waals surface area (Å²) < 4.78 is 27.0. The molecule has 0 radical (unpaired) electrons. The largest absolute Gasteiger partial charge is 0.312 e. The Kier molecular flexibility index (Phi) is 5.86. The molecule has 2 rings (SSSR count). The van der Waals surface area contributed by atoms with Crippen LogP contribution in [-0.4, -0.2) is 19.9 Å². The molecule has 2 aromatic heterocycles. The fourth-order valence-corrected chi connectivity index (χ4v) is 4.01. The summed E-state index contributed by atoms with van der Waals surface area (Å²) in [4.78, 5) is 5.25. The lowest BCUT2D eigenvalue weighted by atomic mass is 10.3. The Hall–Kier alpha value is -1.28. The van der Waals surface area contributed by atoms with Gasteiger partial charge in [0.1, 0.15) is 0 Å². The van der Waals surface area contributed by atoms with Crippen LogP contribution < -0.4 is 10.0 Å². The first-order valence-corrected chi connectivity index (χ1v) is 9.15. The number of pyridine rings is 1. The number of rotatable bonds is 8. The molecule has 0 aliphatic rings. The minimum atomic E-state index is -3.46. The molecule has 0 aromatic carbocycles. The number of nitrogens with one attached hydrogen (secondary N) is 2. The molecule has 5 nitrogen and oxygen atoms in total. The molecule has 0 fully saturated rings. The molecule has 0 aliphatic heterocycles. The smallest absolute Gasteiger partial charge is 0.241 e. The predicted octanol–water partition coefficient (Wildman–Crippen LogP) is 2.12. The Bertz CT molecular complexity index is 654. The summed E-state index contributed by atoms with van der Waals surface area (Å²) in [5.41, 5.74) is 0.883. The van der Waals surface area contributed by atoms with E-state index in [4.69, 9.17) is 0 Å². The van der Waals surface area contributed by atoms with Crippen LogP contribution in [0.25, 0.3) is 0 Å². The van der Waals surface area contributed by atoms with Gasteiger partial charge < -0.3 is 5.32 Å². The van der Waals surface area contributed by atoms with Gasteiger partial charge in [0, 0.05) is 35.7 Å². The highest BCUT2D eigenvalue weighted by Gasteiger charge is 2.15. The van der Waals surface area contributed by atoms with Crippen molar-refractivity contribution < 1.29 is 8.42 Å². The molecule has 2 heterocycles. The summed E-state index contributed by atoms with van der Waals surface area (Å²) in [7, 11) is -3.46. The van der Waals surface area contributed by atoms with E-state index in [1.54, 1.807) is 36.0 Å². The van der Waals surface area contributed by atoms with Gasteiger partial charge in [-0.1, -0.05) is 6.92 Å². The molecule has 0 saturated carbocycles. The van der Waals surface area contributed by atoms with Crippen LogP contribution in [0.15, 0.2) is 40.9 Å². The summed E-state index contributed by atoms with van der Waals surface area (Å²) in [6, 6.07) is 5.30. The predicted molar refractivity (Wildman–Crippen MR) is 84.6 cm³/mol. The van der Waals surface area contributed by atoms with Crippen LogP contribution in [0, 0.1) is 0 Å². The van der Waals surface area contributed by atoms with Crippen LogP contribution in [0.2, 0.25) is 0 Å². The molecule has 2 N–H and O–H groups in total. The molecule has 2 aromatic rings. The van der Waals surface area contributed by atoms with Gasteiger partial charge >= 0.3 is 0 Å². The van der Waals surface area contributed by atoms with E-state index in [0.717, 1.165) is 23.4 Å². The van der Waals surface area contributed by atoms with E-state index in [0.29, 0.717) is 11.4 Å². The van der Waals surface area contributed by atoms with E-state index in [1.807, 2.05) is 0 Å². The molecular weight excluding hydrogens is 306 g/mol. The Labute approximate surface area is 129 Å². The summed E-state index contributed by atoms with van der Waals surface area (Å²) >= 11 is 1.46. The van der Waals surface area contributed by atoms with Gasteiger partial charge in [0.15, 0.2) is 0 Å². The topological polar surface area (TPSA) is 71.1 Å². The minimum Gasteiger partial charge on any atom is -0.312 e. The third kappa shape index (κ3) is 4.89. The van der Waals surface area contributed by atoms with E-state index in [9.17, 15) is 8.42 Å². The molecular formula is C14H19N3O2S2. The normalized spacial score (nSPS) is 11.7. The average Bonchev–Trinajstić information content (AvgIpc) is 2.96. The molecule has 0 saturated heterocycles. The Morgan fingerprint density at radius 2 is 2.00 bits per heavy atom. The second kappa shape index (κ2) is 7.65. The van der Waals surface area contributed by atoms with Crippen molar-refractivity contribution in [1.29, 1.82) is 0 Å². The van der Waals surface area contributed by atoms with E-state index in [1.165, 1.54) is 11.3 Å². The highest BCUT2D eigenvalue weighted by atomic mass is 32.2. The summed E-state index contributed by atoms with van der Waals surface area (Å²) in [5, 5.41) is 4.94. The third-order valence-corrected chi connectivity index (χ3v) is 5.35. The van der Waals surface area contributed by atoms with Gasteiger partial charge in [0.2, 0.25) is 10.0 Å². The van der Waals surface area contributed by atoms with Gasteiger partial charge in [-0.15, -0.1) is 11.3 Å². The first-order valence-electron chi connectivity index (χ1n) is 6.78. The minimum absolute atomic E-state index is 0.268. The monoisotopic (exact) mass is 325 g/mol. The van der Waals surface area contributed by atoms with Crippen LogP contribution >= 0.6 is 11.3 Å². The maximum absolute atomic E-state index is 12.2. The zero-order chi connectivity index (χ0) is 15.1. The molecule has 0 spiro atoms. The molecule has 0 atom stereocenters. The van der Waals surface area contributed by atoms with Gasteiger partial charge in [-0.2, -0.15) is 0 Å². The van der Waals surface area contributed by atoms with Crippen LogP contribution in [0.1, 0.15) is 23.8 Å². The lowest BCUT2D eigenvalue weighted by molar-refractivity contribution is 0.581. The maximum Gasteiger partial charge on any atom is 0.241 e. The molecule has 0 amide bonds. The third-order valence-electron chi connectivity index (χ3n) is 2.88. The van der Waals surface area contributed by atoms with Crippen molar-refractivity contribution in [2.45, 2.75) is 31.3 Å². The van der Waals surface area contributed by atoms with Gasteiger partial charge in [-0.3, -0.25) is 4.98 Å². The number of hydrogen-bond acceptors (Lipinski definition) is 5. The Balaban J connectivity index is 1.96. The van der Waals surface area contributed by atoms with E-state index >= 15 is 0 Å². The number of aromatic nitrogens is 1. The molecule has 0 aliphatic carbocycles. The van der Waals surface area contributed by atoms with Crippen molar-refractivity contribution in [3.8, 4) is 0 Å². The van der Waals surface area contributed by atoms with Crippen molar-refractivity contribution in [2.75, 3.05) is 6.54 Å². The van der Waals surface area contributed by atoms with Crippen molar-refractivity contribution in [1.82, 2.24) is 15.0 Å². The zero-order valence-electron chi connectivity index (χ0n) is 11.9. The maximum atomic E-state index is 12.2. The van der Waals surface area contributed by atoms with E-state index in [2.05, 4.69) is 21.9 Å². The van der Waals surface area contributed by atoms with Crippen LogP contribution in [-0.2, 0) is 23.1 Å². The number of hydrogen-bond donors (Lipinski definition) is 2. The fraction of sp³-hybridized carbons (Fsp3) is 0.357. The number of sulfonamides is 1. The van der Waals surface area contributed by atoms with Crippen LogP contribution in [0.4, 0.5) is 0 Å².